The number of nitrogens with zero attached hydrogens (tertiary/aromatic N) is 3. The Morgan fingerprint density at radius 2 is 1.62 bits per heavy atom. The van der Waals surface area contributed by atoms with Crippen LogP contribution in [0.2, 0.25) is 0 Å². The van der Waals surface area contributed by atoms with Crippen molar-refractivity contribution in [1.29, 1.82) is 0 Å². The third-order valence-electron chi connectivity index (χ3n) is 4.74. The lowest BCUT2D eigenvalue weighted by Crippen LogP contribution is -2.49. The number of rotatable bonds is 6. The first-order valence-electron chi connectivity index (χ1n) is 8.88. The minimum Gasteiger partial charge on any atom is -0.304 e. The van der Waals surface area contributed by atoms with Crippen molar-refractivity contribution in [3.05, 3.63) is 76.3 Å². The van der Waals surface area contributed by atoms with Gasteiger partial charge in [-0.25, -0.2) is 0 Å². The molecular formula is C20H23N3O3. The summed E-state index contributed by atoms with van der Waals surface area (Å²) in [6.07, 6.45) is 1.62. The Balaban J connectivity index is 1.67. The fourth-order valence-electron chi connectivity index (χ4n) is 3.51. The zero-order chi connectivity index (χ0) is 18.4. The van der Waals surface area contributed by atoms with Gasteiger partial charge in [0.05, 0.1) is 0 Å². The maximum absolute atomic E-state index is 12.5. The number of amides is 1. The molecule has 2 aromatic rings. The van der Waals surface area contributed by atoms with Crippen LogP contribution < -0.4 is 4.90 Å². The normalized spacial score (nSPS) is 15.5. The molecule has 0 aliphatic carbocycles. The first kappa shape index (κ1) is 18.1. The van der Waals surface area contributed by atoms with Crippen molar-refractivity contribution in [3.8, 4) is 0 Å². The van der Waals surface area contributed by atoms with Gasteiger partial charge < -0.3 is 4.90 Å². The molecular weight excluding hydrogens is 330 g/mol. The molecule has 1 aliphatic rings. The molecule has 0 N–H and O–H groups in total. The number of nitro groups is 1. The predicted molar refractivity (Wildman–Crippen MR) is 101 cm³/mol. The topological polar surface area (TPSA) is 66.7 Å². The van der Waals surface area contributed by atoms with E-state index in [1.165, 1.54) is 5.56 Å². The van der Waals surface area contributed by atoms with Gasteiger partial charge in [-0.2, -0.15) is 0 Å². The van der Waals surface area contributed by atoms with Gasteiger partial charge in [-0.05, 0) is 30.5 Å². The second kappa shape index (κ2) is 8.58. The number of hydrogen-bond acceptors (Lipinski definition) is 4. The van der Waals surface area contributed by atoms with Gasteiger partial charge in [0.15, 0.2) is 0 Å². The fourth-order valence-corrected chi connectivity index (χ4v) is 3.51. The molecule has 1 amide bonds. The van der Waals surface area contributed by atoms with Gasteiger partial charge in [0.2, 0.25) is 0 Å². The van der Waals surface area contributed by atoms with E-state index in [4.69, 9.17) is 0 Å². The molecule has 26 heavy (non-hydrogen) atoms. The zero-order valence-electron chi connectivity index (χ0n) is 14.7. The van der Waals surface area contributed by atoms with Gasteiger partial charge in [0.25, 0.3) is 12.5 Å². The van der Waals surface area contributed by atoms with Gasteiger partial charge in [-0.3, -0.25) is 19.8 Å². The summed E-state index contributed by atoms with van der Waals surface area (Å²) in [7, 11) is 0. The zero-order valence-corrected chi connectivity index (χ0v) is 14.7. The monoisotopic (exact) mass is 353 g/mol. The Bertz CT molecular complexity index is 728. The molecule has 0 radical (unpaired) electrons. The molecule has 1 heterocycles. The highest BCUT2D eigenvalue weighted by molar-refractivity contribution is 5.94. The highest BCUT2D eigenvalue weighted by Gasteiger charge is 2.31. The van der Waals surface area contributed by atoms with Crippen molar-refractivity contribution in [2.45, 2.75) is 25.4 Å². The van der Waals surface area contributed by atoms with Crippen LogP contribution in [0.4, 0.5) is 5.69 Å². The Hall–Kier alpha value is -2.73. The van der Waals surface area contributed by atoms with E-state index in [1.54, 1.807) is 4.90 Å². The molecule has 6 heteroatoms. The van der Waals surface area contributed by atoms with Crippen molar-refractivity contribution in [1.82, 2.24) is 4.90 Å². The molecule has 136 valence electrons. The van der Waals surface area contributed by atoms with Gasteiger partial charge in [-0.15, -0.1) is 0 Å². The summed E-state index contributed by atoms with van der Waals surface area (Å²) in [5.41, 5.74) is 2.01. The smallest absolute Gasteiger partial charge is 0.298 e. The average molecular weight is 353 g/mol. The maximum atomic E-state index is 12.5. The van der Waals surface area contributed by atoms with Crippen LogP contribution in [-0.4, -0.2) is 41.4 Å². The SMILES string of the molecule is O=C(C[N+](=O)[O-])N(c1ccccc1)C1CCN(Cc2ccccc2)CC1. The van der Waals surface area contributed by atoms with Crippen molar-refractivity contribution in [2.24, 2.45) is 0 Å². The first-order chi connectivity index (χ1) is 12.6. The van der Waals surface area contributed by atoms with E-state index in [9.17, 15) is 14.9 Å². The molecule has 0 atom stereocenters. The van der Waals surface area contributed by atoms with Crippen molar-refractivity contribution in [2.75, 3.05) is 24.5 Å². The summed E-state index contributed by atoms with van der Waals surface area (Å²) in [5, 5.41) is 10.8. The summed E-state index contributed by atoms with van der Waals surface area (Å²) in [4.78, 5) is 26.8. The lowest BCUT2D eigenvalue weighted by molar-refractivity contribution is -0.467. The molecule has 1 aliphatic heterocycles. The quantitative estimate of drug-likeness (QED) is 0.591. The molecule has 0 saturated carbocycles. The van der Waals surface area contributed by atoms with E-state index in [1.807, 2.05) is 48.5 Å². The Kier molecular flexibility index (Phi) is 5.96. The average Bonchev–Trinajstić information content (AvgIpc) is 2.64. The first-order valence-corrected chi connectivity index (χ1v) is 8.88. The Labute approximate surface area is 153 Å². The summed E-state index contributed by atoms with van der Waals surface area (Å²) < 4.78 is 0. The molecule has 6 nitrogen and oxygen atoms in total. The molecule has 3 rings (SSSR count). The molecule has 0 spiro atoms. The number of carbonyl (C=O) groups excluding carboxylic acids is 1. The molecule has 0 unspecified atom stereocenters. The highest BCUT2D eigenvalue weighted by atomic mass is 16.6. The summed E-state index contributed by atoms with van der Waals surface area (Å²) in [6.45, 7) is 1.96. The van der Waals surface area contributed by atoms with Gasteiger partial charge >= 0.3 is 0 Å². The Morgan fingerprint density at radius 1 is 1.04 bits per heavy atom. The van der Waals surface area contributed by atoms with Crippen LogP contribution in [0, 0.1) is 10.1 Å². The van der Waals surface area contributed by atoms with Crippen LogP contribution in [0.25, 0.3) is 0 Å². The van der Waals surface area contributed by atoms with E-state index in [-0.39, 0.29) is 6.04 Å². The molecule has 2 aromatic carbocycles. The van der Waals surface area contributed by atoms with Crippen LogP contribution >= 0.6 is 0 Å². The molecule has 0 aromatic heterocycles. The number of likely N-dealkylation sites (tertiary alicyclic amines) is 1. The van der Waals surface area contributed by atoms with E-state index in [2.05, 4.69) is 17.0 Å². The van der Waals surface area contributed by atoms with Gasteiger partial charge in [-0.1, -0.05) is 48.5 Å². The van der Waals surface area contributed by atoms with Crippen LogP contribution in [0.1, 0.15) is 18.4 Å². The molecule has 1 saturated heterocycles. The summed E-state index contributed by atoms with van der Waals surface area (Å²) in [6, 6.07) is 19.6. The highest BCUT2D eigenvalue weighted by Crippen LogP contribution is 2.24. The number of para-hydroxylation sites is 1. The van der Waals surface area contributed by atoms with Crippen molar-refractivity contribution >= 4 is 11.6 Å². The van der Waals surface area contributed by atoms with Crippen LogP contribution in [0.15, 0.2) is 60.7 Å². The lowest BCUT2D eigenvalue weighted by atomic mass is 10.0. The number of benzene rings is 2. The van der Waals surface area contributed by atoms with Crippen molar-refractivity contribution in [3.63, 3.8) is 0 Å². The van der Waals surface area contributed by atoms with Crippen LogP contribution in [0.3, 0.4) is 0 Å². The minimum absolute atomic E-state index is 0.00290. The second-order valence-electron chi connectivity index (χ2n) is 6.58. The number of anilines is 1. The number of hydrogen-bond donors (Lipinski definition) is 0. The van der Waals surface area contributed by atoms with E-state index < -0.39 is 17.4 Å². The van der Waals surface area contributed by atoms with E-state index in [0.29, 0.717) is 0 Å². The third-order valence-corrected chi connectivity index (χ3v) is 4.74. The largest absolute Gasteiger partial charge is 0.304 e. The second-order valence-corrected chi connectivity index (χ2v) is 6.58. The Morgan fingerprint density at radius 3 is 2.19 bits per heavy atom. The van der Waals surface area contributed by atoms with Crippen LogP contribution in [0.5, 0.6) is 0 Å². The third kappa shape index (κ3) is 4.67. The number of carbonyl (C=O) groups is 1. The minimum atomic E-state index is -0.668. The van der Waals surface area contributed by atoms with Gasteiger partial charge in [0, 0.05) is 36.3 Å². The standard InChI is InChI=1S/C20H23N3O3/c24-20(16-22(25)26)23(18-9-5-2-6-10-18)19-11-13-21(14-12-19)15-17-7-3-1-4-8-17/h1-10,19H,11-16H2. The summed E-state index contributed by atoms with van der Waals surface area (Å²) in [5.74, 6) is -0.442. The van der Waals surface area contributed by atoms with E-state index >= 15 is 0 Å². The maximum Gasteiger partial charge on any atom is 0.298 e. The van der Waals surface area contributed by atoms with Crippen molar-refractivity contribution < 1.29 is 9.72 Å². The van der Waals surface area contributed by atoms with E-state index in [0.717, 1.165) is 38.2 Å². The lowest BCUT2D eigenvalue weighted by Gasteiger charge is -2.38. The van der Waals surface area contributed by atoms with Crippen LogP contribution in [-0.2, 0) is 11.3 Å². The molecule has 1 fully saturated rings. The predicted octanol–water partition coefficient (Wildman–Crippen LogP) is 2.96. The summed E-state index contributed by atoms with van der Waals surface area (Å²) >= 11 is 0. The fraction of sp³-hybridized carbons (Fsp3) is 0.350. The number of piperidine rings is 1. The molecule has 0 bridgehead atoms. The van der Waals surface area contributed by atoms with Gasteiger partial charge in [0.1, 0.15) is 0 Å².